The Balaban J connectivity index is 1.79. The van der Waals surface area contributed by atoms with Gasteiger partial charge in [-0.1, -0.05) is 42.5 Å². The number of aryl methyl sites for hydroxylation is 1. The number of hydrogen-bond donors (Lipinski definition) is 1. The van der Waals surface area contributed by atoms with Gasteiger partial charge in [0.25, 0.3) is 0 Å². The molecular weight excluding hydrogens is 371 g/mol. The van der Waals surface area contributed by atoms with Gasteiger partial charge in [-0.15, -0.1) is 11.3 Å². The van der Waals surface area contributed by atoms with Crippen molar-refractivity contribution in [2.24, 2.45) is 0 Å². The van der Waals surface area contributed by atoms with Crippen LogP contribution < -0.4 is 5.73 Å². The van der Waals surface area contributed by atoms with Crippen molar-refractivity contribution in [1.29, 1.82) is 0 Å². The maximum absolute atomic E-state index is 15.6. The molecule has 0 atom stereocenters. The average molecular weight is 386 g/mol. The monoisotopic (exact) mass is 386 g/mol. The minimum Gasteiger partial charge on any atom is -0.383 e. The third-order valence-corrected chi connectivity index (χ3v) is 5.77. The molecule has 136 valence electrons. The highest BCUT2D eigenvalue weighted by atomic mass is 32.1. The summed E-state index contributed by atoms with van der Waals surface area (Å²) in [7, 11) is 0. The second kappa shape index (κ2) is 6.35. The molecule has 0 spiro atoms. The van der Waals surface area contributed by atoms with Crippen LogP contribution in [0.4, 0.5) is 10.2 Å². The van der Waals surface area contributed by atoms with Gasteiger partial charge >= 0.3 is 0 Å². The fourth-order valence-electron chi connectivity index (χ4n) is 3.49. The van der Waals surface area contributed by atoms with Gasteiger partial charge in [-0.05, 0) is 18.6 Å². The van der Waals surface area contributed by atoms with Gasteiger partial charge in [0.15, 0.2) is 5.82 Å². The first kappa shape index (κ1) is 16.8. The lowest BCUT2D eigenvalue weighted by Crippen LogP contribution is -1.96. The summed E-state index contributed by atoms with van der Waals surface area (Å²) in [6.07, 6.45) is 1.42. The molecule has 2 N–H and O–H groups in total. The van der Waals surface area contributed by atoms with E-state index < -0.39 is 0 Å². The summed E-state index contributed by atoms with van der Waals surface area (Å²) in [4.78, 5) is 13.7. The lowest BCUT2D eigenvalue weighted by atomic mass is 9.99. The summed E-state index contributed by atoms with van der Waals surface area (Å²) in [5.74, 6) is -0.00995. The second-order valence-corrected chi connectivity index (χ2v) is 7.46. The molecule has 4 nitrogen and oxygen atoms in total. The molecule has 3 aromatic heterocycles. The molecule has 2 aromatic carbocycles. The molecule has 6 heteroatoms. The molecule has 3 heterocycles. The number of benzene rings is 2. The zero-order chi connectivity index (χ0) is 19.3. The Morgan fingerprint density at radius 2 is 1.82 bits per heavy atom. The van der Waals surface area contributed by atoms with Crippen LogP contribution in [-0.4, -0.2) is 15.0 Å². The van der Waals surface area contributed by atoms with E-state index in [9.17, 15) is 0 Å². The van der Waals surface area contributed by atoms with E-state index in [1.54, 1.807) is 6.07 Å². The Morgan fingerprint density at radius 3 is 2.64 bits per heavy atom. The Labute approximate surface area is 164 Å². The highest BCUT2D eigenvalue weighted by Gasteiger charge is 2.18. The Bertz CT molecular complexity index is 1350. The van der Waals surface area contributed by atoms with Crippen molar-refractivity contribution < 1.29 is 4.39 Å². The summed E-state index contributed by atoms with van der Waals surface area (Å²) >= 11 is 1.42. The second-order valence-electron chi connectivity index (χ2n) is 6.60. The molecule has 0 fully saturated rings. The van der Waals surface area contributed by atoms with Gasteiger partial charge in [-0.2, -0.15) is 0 Å². The van der Waals surface area contributed by atoms with E-state index in [0.717, 1.165) is 27.0 Å². The molecule has 0 bridgehead atoms. The SMILES string of the molecule is Cc1cc(-c2ccccc2)nc2c(F)c(-c3csc4ncnc(N)c34)ccc12. The van der Waals surface area contributed by atoms with Gasteiger partial charge in [0.2, 0.25) is 0 Å². The molecule has 0 aliphatic heterocycles. The van der Waals surface area contributed by atoms with Crippen molar-refractivity contribution in [2.45, 2.75) is 6.92 Å². The molecule has 0 amide bonds. The van der Waals surface area contributed by atoms with Crippen LogP contribution in [0.3, 0.4) is 0 Å². The molecule has 0 saturated carbocycles. The Morgan fingerprint density at radius 1 is 1.00 bits per heavy atom. The number of fused-ring (bicyclic) bond motifs is 2. The average Bonchev–Trinajstić information content (AvgIpc) is 3.15. The number of hydrogen-bond acceptors (Lipinski definition) is 5. The first-order chi connectivity index (χ1) is 13.6. The van der Waals surface area contributed by atoms with E-state index in [2.05, 4.69) is 15.0 Å². The number of nitrogens with zero attached hydrogens (tertiary/aromatic N) is 3. The molecule has 0 saturated heterocycles. The van der Waals surface area contributed by atoms with Gasteiger partial charge in [0.05, 0.1) is 11.1 Å². The number of nitrogens with two attached hydrogens (primary N) is 1. The van der Waals surface area contributed by atoms with Crippen molar-refractivity contribution in [3.63, 3.8) is 0 Å². The molecular formula is C22H15FN4S. The van der Waals surface area contributed by atoms with Gasteiger partial charge in [-0.3, -0.25) is 0 Å². The van der Waals surface area contributed by atoms with Crippen LogP contribution in [-0.2, 0) is 0 Å². The fourth-order valence-corrected chi connectivity index (χ4v) is 4.40. The number of pyridine rings is 1. The smallest absolute Gasteiger partial charge is 0.157 e. The predicted octanol–water partition coefficient (Wildman–Crippen LogP) is 5.60. The molecule has 0 unspecified atom stereocenters. The summed E-state index contributed by atoms with van der Waals surface area (Å²) in [6.45, 7) is 1.97. The van der Waals surface area contributed by atoms with Gasteiger partial charge in [0, 0.05) is 27.5 Å². The van der Waals surface area contributed by atoms with Crippen LogP contribution in [0.5, 0.6) is 0 Å². The normalized spacial score (nSPS) is 11.4. The number of halogens is 1. The van der Waals surface area contributed by atoms with Crippen molar-refractivity contribution in [3.05, 3.63) is 71.6 Å². The topological polar surface area (TPSA) is 64.7 Å². The van der Waals surface area contributed by atoms with Crippen LogP contribution in [0.15, 0.2) is 60.2 Å². The van der Waals surface area contributed by atoms with Crippen LogP contribution in [0.1, 0.15) is 5.56 Å². The third-order valence-electron chi connectivity index (χ3n) is 4.89. The molecule has 0 radical (unpaired) electrons. The van der Waals surface area contributed by atoms with Crippen molar-refractivity contribution in [2.75, 3.05) is 5.73 Å². The zero-order valence-corrected chi connectivity index (χ0v) is 15.8. The Hall–Kier alpha value is -3.38. The highest BCUT2D eigenvalue weighted by molar-refractivity contribution is 7.17. The quantitative estimate of drug-likeness (QED) is 0.429. The van der Waals surface area contributed by atoms with Crippen molar-refractivity contribution in [3.8, 4) is 22.4 Å². The van der Waals surface area contributed by atoms with Crippen molar-refractivity contribution >= 4 is 38.3 Å². The van der Waals surface area contributed by atoms with Crippen LogP contribution in [0, 0.1) is 12.7 Å². The standard InChI is InChI=1S/C22H15FN4S/c1-12-9-17(13-5-3-2-4-6-13)27-20-14(12)7-8-15(19(20)23)16-10-28-22-18(16)21(24)25-11-26-22/h2-11H,1H3,(H2,24,25,26). The molecule has 5 aromatic rings. The van der Waals surface area contributed by atoms with Crippen LogP contribution in [0.25, 0.3) is 43.5 Å². The minimum atomic E-state index is -0.360. The summed E-state index contributed by atoms with van der Waals surface area (Å²) < 4.78 is 15.6. The van der Waals surface area contributed by atoms with E-state index in [0.29, 0.717) is 27.8 Å². The van der Waals surface area contributed by atoms with E-state index in [-0.39, 0.29) is 5.82 Å². The van der Waals surface area contributed by atoms with Crippen LogP contribution >= 0.6 is 11.3 Å². The van der Waals surface area contributed by atoms with Gasteiger partial charge in [-0.25, -0.2) is 19.3 Å². The van der Waals surface area contributed by atoms with Crippen LogP contribution in [0.2, 0.25) is 0 Å². The van der Waals surface area contributed by atoms with Crippen molar-refractivity contribution in [1.82, 2.24) is 15.0 Å². The van der Waals surface area contributed by atoms with Gasteiger partial charge < -0.3 is 5.73 Å². The number of thiophene rings is 1. The maximum Gasteiger partial charge on any atom is 0.157 e. The van der Waals surface area contributed by atoms with E-state index in [1.165, 1.54) is 17.7 Å². The molecule has 0 aliphatic carbocycles. The lowest BCUT2D eigenvalue weighted by Gasteiger charge is -2.10. The maximum atomic E-state index is 15.6. The highest BCUT2D eigenvalue weighted by Crippen LogP contribution is 2.39. The minimum absolute atomic E-state index is 0.350. The van der Waals surface area contributed by atoms with Gasteiger partial charge in [0.1, 0.15) is 22.5 Å². The molecule has 28 heavy (non-hydrogen) atoms. The predicted molar refractivity (Wildman–Crippen MR) is 113 cm³/mol. The summed E-state index contributed by atoms with van der Waals surface area (Å²) in [6, 6.07) is 15.5. The third kappa shape index (κ3) is 2.53. The largest absolute Gasteiger partial charge is 0.383 e. The number of aromatic nitrogens is 3. The van der Waals surface area contributed by atoms with E-state index in [1.807, 2.05) is 54.8 Å². The molecule has 0 aliphatic rings. The first-order valence-corrected chi connectivity index (χ1v) is 9.65. The summed E-state index contributed by atoms with van der Waals surface area (Å²) in [5.41, 5.74) is 10.2. The number of nitrogen functional groups attached to an aromatic ring is 1. The molecule has 5 rings (SSSR count). The van der Waals surface area contributed by atoms with E-state index >= 15 is 4.39 Å². The van der Waals surface area contributed by atoms with E-state index in [4.69, 9.17) is 5.73 Å². The Kier molecular flexibility index (Phi) is 3.80. The first-order valence-electron chi connectivity index (χ1n) is 8.77. The summed E-state index contributed by atoms with van der Waals surface area (Å²) in [5, 5.41) is 3.35. The fraction of sp³-hybridized carbons (Fsp3) is 0.0455. The number of anilines is 1. The number of rotatable bonds is 2. The lowest BCUT2D eigenvalue weighted by molar-refractivity contribution is 0.640. The zero-order valence-electron chi connectivity index (χ0n) is 15.0.